The van der Waals surface area contributed by atoms with Gasteiger partial charge in [-0.2, -0.15) is 0 Å². The van der Waals surface area contributed by atoms with Crippen molar-refractivity contribution < 1.29 is 14.3 Å². The zero-order valence-corrected chi connectivity index (χ0v) is 15.7. The average Bonchev–Trinajstić information content (AvgIpc) is 2.74. The number of para-hydroxylation sites is 1. The number of rotatable bonds is 5. The lowest BCUT2D eigenvalue weighted by Gasteiger charge is -2.37. The van der Waals surface area contributed by atoms with Crippen molar-refractivity contribution in [1.29, 1.82) is 0 Å². The lowest BCUT2D eigenvalue weighted by atomic mass is 9.71. The highest BCUT2D eigenvalue weighted by atomic mass is 16.5. The van der Waals surface area contributed by atoms with Crippen LogP contribution in [-0.4, -0.2) is 43.7 Å². The Morgan fingerprint density at radius 2 is 1.74 bits per heavy atom. The second kappa shape index (κ2) is 8.13. The normalized spacial score (nSPS) is 22.5. The van der Waals surface area contributed by atoms with Crippen LogP contribution in [0.4, 0.5) is 0 Å². The molecule has 1 unspecified atom stereocenters. The highest BCUT2D eigenvalue weighted by molar-refractivity contribution is 5.89. The number of likely N-dealkylation sites (tertiary alicyclic amines) is 1. The minimum absolute atomic E-state index is 0.165. The van der Waals surface area contributed by atoms with Crippen LogP contribution in [0.5, 0.6) is 5.75 Å². The number of carbonyl (C=O) groups is 1. The summed E-state index contributed by atoms with van der Waals surface area (Å²) in [5.74, 6) is 0.613. The minimum Gasteiger partial charge on any atom is -0.493 e. The fourth-order valence-electron chi connectivity index (χ4n) is 4.32. The van der Waals surface area contributed by atoms with E-state index < -0.39 is 5.41 Å². The Morgan fingerprint density at radius 1 is 1.00 bits per heavy atom. The number of esters is 1. The molecule has 4 nitrogen and oxygen atoms in total. The maximum absolute atomic E-state index is 13.4. The molecule has 1 fully saturated rings. The summed E-state index contributed by atoms with van der Waals surface area (Å²) in [6, 6.07) is 17.8. The fourth-order valence-corrected chi connectivity index (χ4v) is 4.32. The third-order valence-corrected chi connectivity index (χ3v) is 5.79. The summed E-state index contributed by atoms with van der Waals surface area (Å²) in [5.41, 5.74) is 1.09. The van der Waals surface area contributed by atoms with Crippen LogP contribution >= 0.6 is 0 Å². The summed E-state index contributed by atoms with van der Waals surface area (Å²) in [7, 11) is 0. The quantitative estimate of drug-likeness (QED) is 0.756. The minimum atomic E-state index is -0.794. The van der Waals surface area contributed by atoms with Gasteiger partial charge in [0.15, 0.2) is 0 Å². The van der Waals surface area contributed by atoms with Gasteiger partial charge in [0, 0.05) is 18.5 Å². The molecular formula is C23H27NO3. The molecule has 2 aliphatic rings. The highest BCUT2D eigenvalue weighted by Crippen LogP contribution is 2.44. The first-order chi connectivity index (χ1) is 13.3. The van der Waals surface area contributed by atoms with Crippen molar-refractivity contribution in [1.82, 2.24) is 4.90 Å². The van der Waals surface area contributed by atoms with Gasteiger partial charge >= 0.3 is 5.97 Å². The van der Waals surface area contributed by atoms with Crippen molar-refractivity contribution >= 4 is 5.97 Å². The van der Waals surface area contributed by atoms with Gasteiger partial charge < -0.3 is 9.47 Å². The first kappa shape index (κ1) is 18.1. The van der Waals surface area contributed by atoms with Crippen LogP contribution < -0.4 is 4.74 Å². The van der Waals surface area contributed by atoms with Crippen LogP contribution in [0.1, 0.15) is 36.8 Å². The van der Waals surface area contributed by atoms with E-state index in [1.54, 1.807) is 0 Å². The molecule has 1 atom stereocenters. The molecule has 2 aromatic carbocycles. The molecular weight excluding hydrogens is 338 g/mol. The van der Waals surface area contributed by atoms with Gasteiger partial charge in [0.05, 0.1) is 6.61 Å². The summed E-state index contributed by atoms with van der Waals surface area (Å²) < 4.78 is 11.7. The van der Waals surface area contributed by atoms with Crippen LogP contribution in [0.2, 0.25) is 0 Å². The molecule has 0 aromatic heterocycles. The number of piperidine rings is 1. The topological polar surface area (TPSA) is 38.8 Å². The number of benzene rings is 2. The van der Waals surface area contributed by atoms with Crippen LogP contribution in [0.25, 0.3) is 0 Å². The second-order valence-electron chi connectivity index (χ2n) is 7.40. The highest BCUT2D eigenvalue weighted by Gasteiger charge is 2.47. The summed E-state index contributed by atoms with van der Waals surface area (Å²) in [6.07, 6.45) is 4.39. The summed E-state index contributed by atoms with van der Waals surface area (Å²) >= 11 is 0. The van der Waals surface area contributed by atoms with Gasteiger partial charge in [-0.1, -0.05) is 55.0 Å². The van der Waals surface area contributed by atoms with E-state index in [-0.39, 0.29) is 5.97 Å². The molecule has 2 aliphatic heterocycles. The SMILES string of the molecule is O=C(OCCN1CCCCC1)C1(c2ccccc2)CCOc2ccccc21. The van der Waals surface area contributed by atoms with Crippen molar-refractivity contribution in [2.75, 3.05) is 32.8 Å². The third-order valence-electron chi connectivity index (χ3n) is 5.79. The first-order valence-electron chi connectivity index (χ1n) is 9.98. The number of ether oxygens (including phenoxy) is 2. The Balaban J connectivity index is 1.59. The molecule has 142 valence electrons. The van der Waals surface area contributed by atoms with E-state index in [1.807, 2.05) is 54.6 Å². The largest absolute Gasteiger partial charge is 0.493 e. The average molecular weight is 365 g/mol. The predicted molar refractivity (Wildman–Crippen MR) is 105 cm³/mol. The van der Waals surface area contributed by atoms with Crippen LogP contribution in [0.15, 0.2) is 54.6 Å². The van der Waals surface area contributed by atoms with Crippen molar-refractivity contribution in [2.45, 2.75) is 31.1 Å². The van der Waals surface area contributed by atoms with Gasteiger partial charge in [-0.05, 0) is 37.6 Å². The molecule has 2 aromatic rings. The smallest absolute Gasteiger partial charge is 0.321 e. The van der Waals surface area contributed by atoms with Crippen molar-refractivity contribution in [3.8, 4) is 5.75 Å². The molecule has 2 heterocycles. The first-order valence-corrected chi connectivity index (χ1v) is 9.98. The van der Waals surface area contributed by atoms with E-state index in [0.29, 0.717) is 19.6 Å². The number of carbonyl (C=O) groups excluding carboxylic acids is 1. The van der Waals surface area contributed by atoms with E-state index in [1.165, 1.54) is 19.3 Å². The molecule has 0 bridgehead atoms. The van der Waals surface area contributed by atoms with E-state index >= 15 is 0 Å². The lowest BCUT2D eigenvalue weighted by molar-refractivity contribution is -0.150. The van der Waals surface area contributed by atoms with Gasteiger partial charge in [0.25, 0.3) is 0 Å². The Hall–Kier alpha value is -2.33. The third kappa shape index (κ3) is 3.59. The molecule has 0 N–H and O–H groups in total. The molecule has 4 heteroatoms. The maximum atomic E-state index is 13.4. The summed E-state index contributed by atoms with van der Waals surface area (Å²) in [6.45, 7) is 3.98. The predicted octanol–water partition coefficient (Wildman–Crippen LogP) is 3.78. The summed E-state index contributed by atoms with van der Waals surface area (Å²) in [4.78, 5) is 15.8. The lowest BCUT2D eigenvalue weighted by Crippen LogP contribution is -2.44. The molecule has 4 rings (SSSR count). The molecule has 0 aliphatic carbocycles. The summed E-state index contributed by atoms with van der Waals surface area (Å²) in [5, 5.41) is 0. The van der Waals surface area contributed by atoms with Gasteiger partial charge in [0.1, 0.15) is 17.8 Å². The van der Waals surface area contributed by atoms with Crippen molar-refractivity contribution in [3.05, 3.63) is 65.7 Å². The molecule has 0 saturated carbocycles. The Bertz CT molecular complexity index is 770. The van der Waals surface area contributed by atoms with Crippen LogP contribution in [-0.2, 0) is 14.9 Å². The van der Waals surface area contributed by atoms with Gasteiger partial charge in [0.2, 0.25) is 0 Å². The van der Waals surface area contributed by atoms with Gasteiger partial charge in [-0.15, -0.1) is 0 Å². The molecule has 0 amide bonds. The van der Waals surface area contributed by atoms with Gasteiger partial charge in [-0.3, -0.25) is 9.69 Å². The Kier molecular flexibility index (Phi) is 5.44. The zero-order chi connectivity index (χ0) is 18.5. The van der Waals surface area contributed by atoms with Crippen molar-refractivity contribution in [2.24, 2.45) is 0 Å². The number of nitrogens with zero attached hydrogens (tertiary/aromatic N) is 1. The Morgan fingerprint density at radius 3 is 2.56 bits per heavy atom. The van der Waals surface area contributed by atoms with E-state index in [0.717, 1.165) is 36.5 Å². The molecule has 27 heavy (non-hydrogen) atoms. The standard InChI is InChI=1S/C23H27NO3/c25-22(27-18-16-24-14-7-2-8-15-24)23(19-9-3-1-4-10-19)13-17-26-21-12-6-5-11-20(21)23/h1,3-6,9-12H,2,7-8,13-18H2. The van der Waals surface area contributed by atoms with E-state index in [9.17, 15) is 4.79 Å². The number of hydrogen-bond donors (Lipinski definition) is 0. The second-order valence-corrected chi connectivity index (χ2v) is 7.40. The molecule has 1 saturated heterocycles. The van der Waals surface area contributed by atoms with Crippen LogP contribution in [0, 0.1) is 0 Å². The van der Waals surface area contributed by atoms with E-state index in [2.05, 4.69) is 4.90 Å². The number of fused-ring (bicyclic) bond motifs is 1. The monoisotopic (exact) mass is 365 g/mol. The molecule has 0 spiro atoms. The fraction of sp³-hybridized carbons (Fsp3) is 0.435. The van der Waals surface area contributed by atoms with Crippen molar-refractivity contribution in [3.63, 3.8) is 0 Å². The van der Waals surface area contributed by atoms with Gasteiger partial charge in [-0.25, -0.2) is 0 Å². The van der Waals surface area contributed by atoms with E-state index in [4.69, 9.17) is 9.47 Å². The molecule has 0 radical (unpaired) electrons. The zero-order valence-electron chi connectivity index (χ0n) is 15.7. The Labute approximate surface area is 161 Å². The maximum Gasteiger partial charge on any atom is 0.321 e. The van der Waals surface area contributed by atoms with Crippen LogP contribution in [0.3, 0.4) is 0 Å². The number of hydrogen-bond acceptors (Lipinski definition) is 4.